The zero-order chi connectivity index (χ0) is 12.0. The van der Waals surface area contributed by atoms with Crippen molar-refractivity contribution in [2.45, 2.75) is 33.2 Å². The Balaban J connectivity index is 2.49. The third-order valence-electron chi connectivity index (χ3n) is 2.36. The highest BCUT2D eigenvalue weighted by Crippen LogP contribution is 2.02. The smallest absolute Gasteiger partial charge is 0.239 e. The van der Waals surface area contributed by atoms with Crippen LogP contribution in [0.1, 0.15) is 37.2 Å². The van der Waals surface area contributed by atoms with Crippen molar-refractivity contribution in [3.8, 4) is 0 Å². The van der Waals surface area contributed by atoms with E-state index in [2.05, 4.69) is 12.2 Å². The minimum Gasteiger partial charge on any atom is -0.355 e. The van der Waals surface area contributed by atoms with Crippen LogP contribution < -0.4 is 5.32 Å². The van der Waals surface area contributed by atoms with Crippen molar-refractivity contribution in [3.05, 3.63) is 24.0 Å². The number of carbonyl (C=O) groups excluding carboxylic acids is 2. The van der Waals surface area contributed by atoms with Gasteiger partial charge in [-0.15, -0.1) is 0 Å². The molecule has 0 aromatic carbocycles. The molecule has 88 valence electrons. The number of nitrogens with zero attached hydrogens (tertiary/aromatic N) is 1. The summed E-state index contributed by atoms with van der Waals surface area (Å²) in [5.41, 5.74) is 0.575. The van der Waals surface area contributed by atoms with Gasteiger partial charge in [0, 0.05) is 19.7 Å². The van der Waals surface area contributed by atoms with Crippen LogP contribution in [-0.2, 0) is 11.3 Å². The molecule has 0 fully saturated rings. The van der Waals surface area contributed by atoms with Gasteiger partial charge in [-0.1, -0.05) is 13.3 Å². The van der Waals surface area contributed by atoms with Crippen LogP contribution in [0, 0.1) is 0 Å². The van der Waals surface area contributed by atoms with Gasteiger partial charge in [0.2, 0.25) is 5.91 Å². The van der Waals surface area contributed by atoms with Gasteiger partial charge in [0.05, 0.1) is 5.69 Å². The summed E-state index contributed by atoms with van der Waals surface area (Å²) < 4.78 is 1.67. The summed E-state index contributed by atoms with van der Waals surface area (Å²) in [7, 11) is 0. The molecule has 0 atom stereocenters. The molecule has 1 rings (SSSR count). The Bertz CT molecular complexity index is 369. The van der Waals surface area contributed by atoms with Gasteiger partial charge in [-0.25, -0.2) is 0 Å². The van der Waals surface area contributed by atoms with Crippen molar-refractivity contribution < 1.29 is 9.59 Å². The molecule has 1 amide bonds. The first-order valence-electron chi connectivity index (χ1n) is 5.58. The molecule has 16 heavy (non-hydrogen) atoms. The summed E-state index contributed by atoms with van der Waals surface area (Å²) in [6.07, 6.45) is 3.79. The van der Waals surface area contributed by atoms with Crippen molar-refractivity contribution in [3.63, 3.8) is 0 Å². The van der Waals surface area contributed by atoms with Crippen LogP contribution in [0.3, 0.4) is 0 Å². The molecule has 0 radical (unpaired) electrons. The number of aromatic nitrogens is 1. The number of carbonyl (C=O) groups is 2. The Morgan fingerprint density at radius 3 is 2.81 bits per heavy atom. The topological polar surface area (TPSA) is 51.1 Å². The molecule has 0 bridgehead atoms. The predicted octanol–water partition coefficient (Wildman–Crippen LogP) is 1.61. The second kappa shape index (κ2) is 6.10. The summed E-state index contributed by atoms with van der Waals surface area (Å²) in [4.78, 5) is 22.7. The van der Waals surface area contributed by atoms with Crippen LogP contribution in [0.5, 0.6) is 0 Å². The number of Topliss-reactive ketones (excluding diaryl/α,β-unsaturated/α-hetero) is 1. The maximum Gasteiger partial charge on any atom is 0.239 e. The van der Waals surface area contributed by atoms with E-state index in [9.17, 15) is 9.59 Å². The highest BCUT2D eigenvalue weighted by atomic mass is 16.2. The van der Waals surface area contributed by atoms with E-state index in [4.69, 9.17) is 0 Å². The Morgan fingerprint density at radius 2 is 2.19 bits per heavy atom. The van der Waals surface area contributed by atoms with E-state index < -0.39 is 0 Å². The fourth-order valence-corrected chi connectivity index (χ4v) is 1.49. The first-order valence-corrected chi connectivity index (χ1v) is 5.58. The van der Waals surface area contributed by atoms with E-state index in [1.807, 2.05) is 0 Å². The van der Waals surface area contributed by atoms with E-state index in [0.717, 1.165) is 12.8 Å². The SMILES string of the molecule is CCCCNC(=O)Cn1cccc1C(C)=O. The molecule has 0 unspecified atom stereocenters. The van der Waals surface area contributed by atoms with Gasteiger partial charge in [-0.3, -0.25) is 9.59 Å². The zero-order valence-corrected chi connectivity index (χ0v) is 9.82. The molecule has 1 heterocycles. The van der Waals surface area contributed by atoms with Crippen molar-refractivity contribution in [2.24, 2.45) is 0 Å². The third kappa shape index (κ3) is 3.53. The molecule has 0 saturated heterocycles. The van der Waals surface area contributed by atoms with Gasteiger partial charge >= 0.3 is 0 Å². The van der Waals surface area contributed by atoms with Gasteiger partial charge in [0.15, 0.2) is 5.78 Å². The fraction of sp³-hybridized carbons (Fsp3) is 0.500. The third-order valence-corrected chi connectivity index (χ3v) is 2.36. The van der Waals surface area contributed by atoms with Crippen LogP contribution in [0.2, 0.25) is 0 Å². The fourth-order valence-electron chi connectivity index (χ4n) is 1.49. The van der Waals surface area contributed by atoms with E-state index >= 15 is 0 Å². The first kappa shape index (κ1) is 12.5. The second-order valence-corrected chi connectivity index (χ2v) is 3.78. The Kier molecular flexibility index (Phi) is 4.76. The standard InChI is InChI=1S/C12H18N2O2/c1-3-4-7-13-12(16)9-14-8-5-6-11(14)10(2)15/h5-6,8H,3-4,7,9H2,1-2H3,(H,13,16). The van der Waals surface area contributed by atoms with Gasteiger partial charge in [-0.2, -0.15) is 0 Å². The first-order chi connectivity index (χ1) is 7.65. The summed E-state index contributed by atoms with van der Waals surface area (Å²) in [5.74, 6) is -0.0708. The Morgan fingerprint density at radius 1 is 1.44 bits per heavy atom. The van der Waals surface area contributed by atoms with Gasteiger partial charge in [0.25, 0.3) is 0 Å². The Hall–Kier alpha value is -1.58. The van der Waals surface area contributed by atoms with E-state index in [1.165, 1.54) is 6.92 Å². The highest BCUT2D eigenvalue weighted by Gasteiger charge is 2.08. The lowest BCUT2D eigenvalue weighted by Crippen LogP contribution is -2.29. The van der Waals surface area contributed by atoms with Crippen molar-refractivity contribution in [1.82, 2.24) is 9.88 Å². The number of hydrogen-bond acceptors (Lipinski definition) is 2. The molecule has 0 saturated carbocycles. The minimum absolute atomic E-state index is 0.0219. The molecule has 0 aliphatic heterocycles. The molecule has 0 spiro atoms. The largest absolute Gasteiger partial charge is 0.355 e. The number of hydrogen-bond donors (Lipinski definition) is 1. The average molecular weight is 222 g/mol. The normalized spacial score (nSPS) is 10.1. The van der Waals surface area contributed by atoms with Crippen LogP contribution in [0.4, 0.5) is 0 Å². The number of amides is 1. The van der Waals surface area contributed by atoms with Crippen LogP contribution in [-0.4, -0.2) is 22.8 Å². The summed E-state index contributed by atoms with van der Waals surface area (Å²) in [6.45, 7) is 4.49. The molecule has 1 aromatic rings. The van der Waals surface area contributed by atoms with Gasteiger partial charge in [-0.05, 0) is 18.6 Å². The molecular weight excluding hydrogens is 204 g/mol. The molecule has 4 heteroatoms. The monoisotopic (exact) mass is 222 g/mol. The number of unbranched alkanes of at least 4 members (excludes halogenated alkanes) is 1. The van der Waals surface area contributed by atoms with Crippen molar-refractivity contribution >= 4 is 11.7 Å². The van der Waals surface area contributed by atoms with Crippen LogP contribution >= 0.6 is 0 Å². The second-order valence-electron chi connectivity index (χ2n) is 3.78. The lowest BCUT2D eigenvalue weighted by molar-refractivity contribution is -0.121. The van der Waals surface area contributed by atoms with Crippen molar-refractivity contribution in [2.75, 3.05) is 6.54 Å². The molecule has 1 aromatic heterocycles. The average Bonchev–Trinajstić information content (AvgIpc) is 2.66. The maximum absolute atomic E-state index is 11.5. The molecule has 4 nitrogen and oxygen atoms in total. The quantitative estimate of drug-likeness (QED) is 0.587. The maximum atomic E-state index is 11.5. The van der Waals surface area contributed by atoms with Gasteiger partial charge < -0.3 is 9.88 Å². The summed E-state index contributed by atoms with van der Waals surface area (Å²) in [5, 5.41) is 2.82. The number of rotatable bonds is 6. The number of ketones is 1. The molecule has 0 aliphatic rings. The molecular formula is C12H18N2O2. The van der Waals surface area contributed by atoms with E-state index in [1.54, 1.807) is 22.9 Å². The Labute approximate surface area is 95.6 Å². The highest BCUT2D eigenvalue weighted by molar-refractivity contribution is 5.93. The number of nitrogens with one attached hydrogen (secondary N) is 1. The molecule has 0 aliphatic carbocycles. The predicted molar refractivity (Wildman–Crippen MR) is 62.4 cm³/mol. The van der Waals surface area contributed by atoms with Crippen LogP contribution in [0.25, 0.3) is 0 Å². The van der Waals surface area contributed by atoms with E-state index in [-0.39, 0.29) is 18.2 Å². The summed E-state index contributed by atoms with van der Waals surface area (Å²) >= 11 is 0. The summed E-state index contributed by atoms with van der Waals surface area (Å²) in [6, 6.07) is 3.50. The zero-order valence-electron chi connectivity index (χ0n) is 9.82. The van der Waals surface area contributed by atoms with Crippen molar-refractivity contribution in [1.29, 1.82) is 0 Å². The lowest BCUT2D eigenvalue weighted by Gasteiger charge is -2.07. The van der Waals surface area contributed by atoms with Gasteiger partial charge in [0.1, 0.15) is 6.54 Å². The van der Waals surface area contributed by atoms with Crippen LogP contribution in [0.15, 0.2) is 18.3 Å². The molecule has 1 N–H and O–H groups in total. The lowest BCUT2D eigenvalue weighted by atomic mass is 10.3. The minimum atomic E-state index is -0.0489. The van der Waals surface area contributed by atoms with E-state index in [0.29, 0.717) is 12.2 Å².